The molecule has 6 aliphatic rings. The molecule has 5 nitrogen and oxygen atoms in total. The van der Waals surface area contributed by atoms with Gasteiger partial charge in [-0.1, -0.05) is 48.5 Å². The summed E-state index contributed by atoms with van der Waals surface area (Å²) in [5.41, 5.74) is 1.82. The Morgan fingerprint density at radius 3 is 2.11 bits per heavy atom. The molecule has 9 rings (SSSR count). The van der Waals surface area contributed by atoms with Crippen LogP contribution in [0.4, 0.5) is 0 Å². The quantitative estimate of drug-likeness (QED) is 0.706. The fourth-order valence-corrected chi connectivity index (χ4v) is 7.97. The lowest BCUT2D eigenvalue weighted by molar-refractivity contribution is 0.0921. The van der Waals surface area contributed by atoms with Crippen LogP contribution in [0.3, 0.4) is 0 Å². The zero-order chi connectivity index (χ0) is 17.7. The van der Waals surface area contributed by atoms with E-state index >= 15 is 0 Å². The van der Waals surface area contributed by atoms with Crippen molar-refractivity contribution in [3.8, 4) is 5.69 Å². The van der Waals surface area contributed by atoms with Crippen molar-refractivity contribution in [2.24, 2.45) is 29.6 Å². The molecule has 1 aromatic heterocycles. The molecule has 132 valence electrons. The van der Waals surface area contributed by atoms with Crippen LogP contribution in [-0.4, -0.2) is 13.9 Å². The van der Waals surface area contributed by atoms with Gasteiger partial charge in [0, 0.05) is 5.41 Å². The molecule has 2 bridgehead atoms. The van der Waals surface area contributed by atoms with Crippen molar-refractivity contribution in [2.45, 2.75) is 17.5 Å². The molecule has 2 aromatic carbocycles. The van der Waals surface area contributed by atoms with E-state index in [1.54, 1.807) is 0 Å². The van der Waals surface area contributed by atoms with Crippen LogP contribution < -0.4 is 11.4 Å². The van der Waals surface area contributed by atoms with Gasteiger partial charge in [0.2, 0.25) is 0 Å². The number of hydrogen-bond donors (Lipinski definition) is 0. The number of rotatable bonds is 2. The zero-order valence-corrected chi connectivity index (χ0v) is 14.5. The highest BCUT2D eigenvalue weighted by atomic mass is 16.2. The van der Waals surface area contributed by atoms with Gasteiger partial charge in [-0.25, -0.2) is 23.5 Å². The number of hydrogen-bond acceptors (Lipinski definition) is 2. The Balaban J connectivity index is 1.43. The zero-order valence-electron chi connectivity index (χ0n) is 14.5. The minimum atomic E-state index is -0.161. The SMILES string of the molecule is O=c1n(-c2ccccc2)c(=O)n2n1[C@H]1[C@@H]3[C@@H]4[C@@H]3[C@H]2[C@]2(c3ccccc3)[C@H]4[C@@H]12. The Kier molecular flexibility index (Phi) is 1.85. The third-order valence-electron chi connectivity index (χ3n) is 8.45. The monoisotopic (exact) mass is 355 g/mol. The lowest BCUT2D eigenvalue weighted by Gasteiger charge is -2.43. The van der Waals surface area contributed by atoms with Crippen LogP contribution in [0.2, 0.25) is 0 Å². The van der Waals surface area contributed by atoms with Crippen molar-refractivity contribution in [3.63, 3.8) is 0 Å². The van der Waals surface area contributed by atoms with Crippen LogP contribution >= 0.6 is 0 Å². The van der Waals surface area contributed by atoms with Gasteiger partial charge < -0.3 is 0 Å². The largest absolute Gasteiger partial charge is 0.352 e. The van der Waals surface area contributed by atoms with Gasteiger partial charge in [0.1, 0.15) is 0 Å². The molecule has 5 heteroatoms. The normalized spacial score (nSPS) is 42.9. The molecule has 0 amide bonds. The number of aromatic nitrogens is 3. The molecule has 0 N–H and O–H groups in total. The highest BCUT2D eigenvalue weighted by Gasteiger charge is 2.97. The molecule has 4 aliphatic carbocycles. The van der Waals surface area contributed by atoms with Gasteiger partial charge in [-0.3, -0.25) is 0 Å². The van der Waals surface area contributed by atoms with Crippen LogP contribution in [-0.2, 0) is 5.41 Å². The topological polar surface area (TPSA) is 48.9 Å². The standard InChI is InChI=1S/C22H17N3O2/c26-20-23(12-9-5-2-6-10-12)21(27)25-19-15-13-14(15)18(24(20)25)17-16(13)22(17,19)11-7-3-1-4-8-11/h1-10,13-19H/t13-,14-,15+,16-,17+,18+,19+,22-/m1/s1. The highest BCUT2D eigenvalue weighted by Crippen LogP contribution is 2.96. The van der Waals surface area contributed by atoms with Gasteiger partial charge >= 0.3 is 11.4 Å². The second kappa shape index (κ2) is 3.75. The predicted octanol–water partition coefficient (Wildman–Crippen LogP) is 1.97. The maximum Gasteiger partial charge on any atom is 0.352 e. The molecule has 0 radical (unpaired) electrons. The minimum Gasteiger partial charge on any atom is -0.245 e. The van der Waals surface area contributed by atoms with E-state index in [1.807, 2.05) is 39.7 Å². The summed E-state index contributed by atoms with van der Waals surface area (Å²) in [5, 5.41) is 0. The number of para-hydroxylation sites is 1. The molecule has 0 unspecified atom stereocenters. The number of nitrogens with zero attached hydrogens (tertiary/aromatic N) is 3. The molecular weight excluding hydrogens is 338 g/mol. The first-order valence-electron chi connectivity index (χ1n) is 9.85. The Labute approximate surface area is 154 Å². The minimum absolute atomic E-state index is 0.0924. The number of benzene rings is 2. The van der Waals surface area contributed by atoms with Crippen molar-refractivity contribution < 1.29 is 0 Å². The van der Waals surface area contributed by atoms with E-state index in [9.17, 15) is 9.59 Å². The summed E-state index contributed by atoms with van der Waals surface area (Å²) in [6.07, 6.45) is 0. The van der Waals surface area contributed by atoms with Gasteiger partial charge in [-0.2, -0.15) is 0 Å². The summed E-state index contributed by atoms with van der Waals surface area (Å²) < 4.78 is 5.08. The summed E-state index contributed by atoms with van der Waals surface area (Å²) >= 11 is 0. The third kappa shape index (κ3) is 1.10. The summed E-state index contributed by atoms with van der Waals surface area (Å²) in [6, 6.07) is 20.4. The smallest absolute Gasteiger partial charge is 0.245 e. The summed E-state index contributed by atoms with van der Waals surface area (Å²) in [6.45, 7) is 0. The third-order valence-corrected chi connectivity index (χ3v) is 8.45. The van der Waals surface area contributed by atoms with Crippen LogP contribution in [0.1, 0.15) is 17.6 Å². The predicted molar refractivity (Wildman–Crippen MR) is 97.9 cm³/mol. The first-order chi connectivity index (χ1) is 13.3. The molecule has 8 atom stereocenters. The van der Waals surface area contributed by atoms with Crippen LogP contribution in [0, 0.1) is 29.6 Å². The van der Waals surface area contributed by atoms with Crippen LogP contribution in [0.15, 0.2) is 70.3 Å². The first-order valence-corrected chi connectivity index (χ1v) is 9.85. The Morgan fingerprint density at radius 2 is 1.37 bits per heavy atom. The molecule has 2 aliphatic heterocycles. The first kappa shape index (κ1) is 13.4. The molecule has 4 fully saturated rings. The van der Waals surface area contributed by atoms with Gasteiger partial charge in [-0.15, -0.1) is 0 Å². The van der Waals surface area contributed by atoms with E-state index in [4.69, 9.17) is 0 Å². The fraction of sp³-hybridized carbons (Fsp3) is 0.364. The molecule has 0 saturated heterocycles. The van der Waals surface area contributed by atoms with Gasteiger partial charge in [-0.05, 0) is 47.3 Å². The second-order valence-electron chi connectivity index (χ2n) is 8.94. The highest BCUT2D eigenvalue weighted by molar-refractivity contribution is 5.54. The van der Waals surface area contributed by atoms with Crippen LogP contribution in [0.5, 0.6) is 0 Å². The van der Waals surface area contributed by atoms with Gasteiger partial charge in [0.15, 0.2) is 0 Å². The average Bonchev–Trinajstić information content (AvgIpc) is 3.51. The van der Waals surface area contributed by atoms with Crippen molar-refractivity contribution in [1.29, 1.82) is 0 Å². The van der Waals surface area contributed by atoms with Crippen molar-refractivity contribution in [2.75, 3.05) is 0 Å². The Bertz CT molecular complexity index is 1270. The lowest BCUT2D eigenvalue weighted by atomic mass is 9.75. The fourth-order valence-electron chi connectivity index (χ4n) is 7.97. The Hall–Kier alpha value is -2.82. The molecule has 3 aromatic rings. The van der Waals surface area contributed by atoms with E-state index in [1.165, 1.54) is 10.1 Å². The van der Waals surface area contributed by atoms with E-state index in [2.05, 4.69) is 30.3 Å². The van der Waals surface area contributed by atoms with Crippen molar-refractivity contribution in [3.05, 3.63) is 87.2 Å². The lowest BCUT2D eigenvalue weighted by Crippen LogP contribution is -2.50. The van der Waals surface area contributed by atoms with Crippen molar-refractivity contribution >= 4 is 0 Å². The molecule has 3 heterocycles. The van der Waals surface area contributed by atoms with Gasteiger partial charge in [0.25, 0.3) is 0 Å². The molecule has 4 saturated carbocycles. The maximum absolute atomic E-state index is 13.4. The van der Waals surface area contributed by atoms with Gasteiger partial charge in [0.05, 0.1) is 17.8 Å². The molecule has 0 spiro atoms. The maximum atomic E-state index is 13.4. The summed E-state index contributed by atoms with van der Waals surface area (Å²) in [5.74, 6) is 3.14. The van der Waals surface area contributed by atoms with Crippen molar-refractivity contribution in [1.82, 2.24) is 13.9 Å². The van der Waals surface area contributed by atoms with E-state index < -0.39 is 0 Å². The van der Waals surface area contributed by atoms with E-state index in [-0.39, 0.29) is 28.9 Å². The second-order valence-corrected chi connectivity index (χ2v) is 8.94. The molecule has 27 heavy (non-hydrogen) atoms. The van der Waals surface area contributed by atoms with E-state index in [0.717, 1.165) is 5.92 Å². The summed E-state index contributed by atoms with van der Waals surface area (Å²) in [7, 11) is 0. The Morgan fingerprint density at radius 1 is 0.704 bits per heavy atom. The summed E-state index contributed by atoms with van der Waals surface area (Å²) in [4.78, 5) is 26.7. The molecular formula is C22H17N3O2. The van der Waals surface area contributed by atoms with E-state index in [0.29, 0.717) is 29.4 Å². The van der Waals surface area contributed by atoms with Crippen LogP contribution in [0.25, 0.3) is 5.69 Å². The average molecular weight is 355 g/mol.